The lowest BCUT2D eigenvalue weighted by Crippen LogP contribution is -2.19. The van der Waals surface area contributed by atoms with Crippen molar-refractivity contribution >= 4 is 17.1 Å². The number of hydrogen-bond acceptors (Lipinski definition) is 5. The van der Waals surface area contributed by atoms with Gasteiger partial charge >= 0.3 is 0 Å². The van der Waals surface area contributed by atoms with Gasteiger partial charge in [0, 0.05) is 64.1 Å². The summed E-state index contributed by atoms with van der Waals surface area (Å²) in [5, 5.41) is 13.2. The molecule has 0 radical (unpaired) electrons. The van der Waals surface area contributed by atoms with Gasteiger partial charge in [0.1, 0.15) is 6.07 Å². The zero-order valence-corrected chi connectivity index (χ0v) is 20.4. The van der Waals surface area contributed by atoms with Gasteiger partial charge in [0.05, 0.1) is 17.0 Å². The van der Waals surface area contributed by atoms with E-state index in [9.17, 15) is 5.26 Å². The van der Waals surface area contributed by atoms with Gasteiger partial charge in [-0.25, -0.2) is 0 Å². The Bertz CT molecular complexity index is 1090. The zero-order chi connectivity index (χ0) is 23.3. The second kappa shape index (κ2) is 7.69. The first-order valence-electron chi connectivity index (χ1n) is 11.6. The summed E-state index contributed by atoms with van der Waals surface area (Å²) in [5.74, 6) is 0. The van der Waals surface area contributed by atoms with E-state index in [-0.39, 0.29) is 16.2 Å². The number of allylic oxidation sites excluding steroid dienone is 7. The van der Waals surface area contributed by atoms with Crippen molar-refractivity contribution in [2.24, 2.45) is 31.2 Å². The maximum absolute atomic E-state index is 9.77. The molecule has 1 fully saturated rings. The van der Waals surface area contributed by atoms with Gasteiger partial charge in [0.25, 0.3) is 0 Å². The van der Waals surface area contributed by atoms with Crippen molar-refractivity contribution in [2.75, 3.05) is 6.54 Å². The highest BCUT2D eigenvalue weighted by Gasteiger charge is 2.37. The van der Waals surface area contributed by atoms with Crippen molar-refractivity contribution < 1.29 is 0 Å². The molecule has 5 nitrogen and oxygen atoms in total. The minimum Gasteiger partial charge on any atom is -0.362 e. The highest BCUT2D eigenvalue weighted by atomic mass is 15.0. The summed E-state index contributed by atoms with van der Waals surface area (Å²) in [6, 6.07) is 2.38. The topological polar surface area (TPSA) is 72.9 Å². The van der Waals surface area contributed by atoms with E-state index in [4.69, 9.17) is 9.98 Å². The molecule has 0 aromatic rings. The average molecular weight is 430 g/mol. The van der Waals surface area contributed by atoms with Crippen LogP contribution in [0.1, 0.15) is 73.6 Å². The van der Waals surface area contributed by atoms with Crippen molar-refractivity contribution in [1.82, 2.24) is 5.32 Å². The third-order valence-corrected chi connectivity index (χ3v) is 7.08. The van der Waals surface area contributed by atoms with Crippen LogP contribution in [0.2, 0.25) is 0 Å². The van der Waals surface area contributed by atoms with Crippen molar-refractivity contribution in [3.63, 3.8) is 0 Å². The summed E-state index contributed by atoms with van der Waals surface area (Å²) in [4.78, 5) is 14.5. The third kappa shape index (κ3) is 4.16. The Morgan fingerprint density at radius 2 is 1.66 bits per heavy atom. The molecule has 4 aliphatic rings. The summed E-state index contributed by atoms with van der Waals surface area (Å²) in [5.41, 5.74) is 7.82. The highest BCUT2D eigenvalue weighted by Crippen LogP contribution is 2.42. The second-order valence-electron chi connectivity index (χ2n) is 11.5. The Morgan fingerprint density at radius 1 is 0.969 bits per heavy atom. The van der Waals surface area contributed by atoms with Crippen molar-refractivity contribution in [3.8, 4) is 6.07 Å². The van der Waals surface area contributed by atoms with Crippen LogP contribution in [-0.4, -0.2) is 23.7 Å². The van der Waals surface area contributed by atoms with E-state index in [2.05, 4.69) is 76.7 Å². The fraction of sp³-hybridized carbons (Fsp3) is 0.556. The number of hydrogen-bond donors (Lipinski definition) is 1. The summed E-state index contributed by atoms with van der Waals surface area (Å²) < 4.78 is 0. The largest absolute Gasteiger partial charge is 0.362 e. The number of rotatable bonds is 3. The molecule has 0 saturated carbocycles. The summed E-state index contributed by atoms with van der Waals surface area (Å²) in [7, 11) is 0. The molecule has 0 atom stereocenters. The van der Waals surface area contributed by atoms with Crippen LogP contribution in [0.4, 0.5) is 0 Å². The van der Waals surface area contributed by atoms with E-state index in [1.165, 1.54) is 5.70 Å². The Hall–Kier alpha value is -2.74. The monoisotopic (exact) mass is 429 g/mol. The van der Waals surface area contributed by atoms with E-state index in [1.807, 2.05) is 0 Å². The van der Waals surface area contributed by atoms with Crippen LogP contribution in [-0.2, 0) is 0 Å². The Labute approximate surface area is 192 Å². The first-order valence-corrected chi connectivity index (χ1v) is 11.6. The van der Waals surface area contributed by atoms with Crippen LogP contribution >= 0.6 is 0 Å². The summed E-state index contributed by atoms with van der Waals surface area (Å²) in [6.45, 7) is 18.3. The van der Waals surface area contributed by atoms with Crippen molar-refractivity contribution in [3.05, 3.63) is 47.1 Å². The quantitative estimate of drug-likeness (QED) is 0.555. The first kappa shape index (κ1) is 22.5. The fourth-order valence-corrected chi connectivity index (χ4v) is 4.86. The second-order valence-corrected chi connectivity index (χ2v) is 11.5. The number of nitriles is 1. The van der Waals surface area contributed by atoms with Gasteiger partial charge in [-0.15, -0.1) is 0 Å². The first-order chi connectivity index (χ1) is 14.9. The van der Waals surface area contributed by atoms with E-state index in [0.717, 1.165) is 72.9 Å². The molecule has 0 aliphatic carbocycles. The SMILES string of the molecule is C=C1NC(=CC2=NC(=CC3=NC(=C(C#N)C4=NCCC4)CC3(C)C)CC2(C)C)CC1(C)C. The van der Waals surface area contributed by atoms with Gasteiger partial charge in [0.15, 0.2) is 0 Å². The molecule has 0 aromatic heterocycles. The van der Waals surface area contributed by atoms with Gasteiger partial charge in [0.2, 0.25) is 0 Å². The molecule has 5 heteroatoms. The predicted octanol–water partition coefficient (Wildman–Crippen LogP) is 6.04. The average Bonchev–Trinajstić information content (AvgIpc) is 3.40. The van der Waals surface area contributed by atoms with E-state index in [0.29, 0.717) is 5.57 Å². The van der Waals surface area contributed by atoms with E-state index in [1.54, 1.807) is 0 Å². The van der Waals surface area contributed by atoms with Gasteiger partial charge in [-0.05, 0) is 31.4 Å². The maximum Gasteiger partial charge on any atom is 0.103 e. The molecule has 168 valence electrons. The summed E-state index contributed by atoms with van der Waals surface area (Å²) >= 11 is 0. The van der Waals surface area contributed by atoms with Gasteiger partial charge in [-0.1, -0.05) is 48.1 Å². The molecular formula is C27H35N5. The smallest absolute Gasteiger partial charge is 0.103 e. The lowest BCUT2D eigenvalue weighted by Gasteiger charge is -2.19. The van der Waals surface area contributed by atoms with Crippen LogP contribution in [0.3, 0.4) is 0 Å². The fourth-order valence-electron chi connectivity index (χ4n) is 4.86. The number of nitrogens with zero attached hydrogens (tertiary/aromatic N) is 4. The van der Waals surface area contributed by atoms with E-state index >= 15 is 0 Å². The minimum absolute atomic E-state index is 0.0348. The lowest BCUT2D eigenvalue weighted by molar-refractivity contribution is 0.479. The molecule has 0 unspecified atom stereocenters. The molecule has 1 N–H and O–H groups in total. The van der Waals surface area contributed by atoms with Crippen molar-refractivity contribution in [1.29, 1.82) is 5.26 Å². The summed E-state index contributed by atoms with van der Waals surface area (Å²) in [6.07, 6.45) is 8.86. The molecule has 4 rings (SSSR count). The lowest BCUT2D eigenvalue weighted by atomic mass is 9.82. The standard InChI is InChI=1S/C27H35N5/c1-17-25(2,3)13-18(30-17)11-23-26(4,5)14-19(31-23)12-24-27(6,7)15-22(32-24)20(16-28)21-9-8-10-29-21/h11-12,30H,1,8-10,13-15H2,2-7H3. The van der Waals surface area contributed by atoms with Crippen LogP contribution in [0, 0.1) is 27.6 Å². The highest BCUT2D eigenvalue weighted by molar-refractivity contribution is 6.08. The van der Waals surface area contributed by atoms with Gasteiger partial charge in [-0.2, -0.15) is 5.26 Å². The Balaban J connectivity index is 1.66. The molecule has 0 aromatic carbocycles. The maximum atomic E-state index is 9.77. The van der Waals surface area contributed by atoms with Crippen LogP contribution in [0.15, 0.2) is 62.1 Å². The third-order valence-electron chi connectivity index (χ3n) is 7.08. The predicted molar refractivity (Wildman–Crippen MR) is 133 cm³/mol. The Morgan fingerprint density at radius 3 is 2.25 bits per heavy atom. The molecule has 4 heterocycles. The molecule has 1 saturated heterocycles. The van der Waals surface area contributed by atoms with Crippen LogP contribution < -0.4 is 5.32 Å². The number of aliphatic imine (C=N–C) groups is 3. The molecule has 0 amide bonds. The number of nitrogens with one attached hydrogen (secondary N) is 1. The molecule has 4 aliphatic heterocycles. The van der Waals surface area contributed by atoms with Crippen LogP contribution in [0.25, 0.3) is 0 Å². The van der Waals surface area contributed by atoms with Gasteiger partial charge in [-0.3, -0.25) is 15.0 Å². The molecule has 0 spiro atoms. The molecule has 0 bridgehead atoms. The molecular weight excluding hydrogens is 394 g/mol. The van der Waals surface area contributed by atoms with E-state index < -0.39 is 0 Å². The molecule has 32 heavy (non-hydrogen) atoms. The normalized spacial score (nSPS) is 29.7. The van der Waals surface area contributed by atoms with Gasteiger partial charge < -0.3 is 5.32 Å². The minimum atomic E-state index is -0.126. The zero-order valence-electron chi connectivity index (χ0n) is 20.4. The van der Waals surface area contributed by atoms with Crippen molar-refractivity contribution in [2.45, 2.75) is 73.6 Å². The van der Waals surface area contributed by atoms with Crippen LogP contribution in [0.5, 0.6) is 0 Å². The Kier molecular flexibility index (Phi) is 5.40.